The number of non-ortho nitro benzene ring substituents is 1. The quantitative estimate of drug-likeness (QED) is 0.349. The summed E-state index contributed by atoms with van der Waals surface area (Å²) in [6.45, 7) is -0.540. The van der Waals surface area contributed by atoms with Gasteiger partial charge in [0.05, 0.1) is 17.2 Å². The normalized spacial score (nSPS) is 10.6. The van der Waals surface area contributed by atoms with Crippen LogP contribution in [0, 0.1) is 27.6 Å². The van der Waals surface area contributed by atoms with Crippen LogP contribution in [-0.4, -0.2) is 23.3 Å². The smallest absolute Gasteiger partial charge is 0.269 e. The molecule has 0 fully saturated rings. The largest absolute Gasteiger partial charge is 0.343 e. The van der Waals surface area contributed by atoms with Crippen molar-refractivity contribution in [2.75, 3.05) is 11.9 Å². The molecule has 0 bridgehead atoms. The van der Waals surface area contributed by atoms with Crippen LogP contribution in [0.2, 0.25) is 0 Å². The van der Waals surface area contributed by atoms with Gasteiger partial charge in [0.25, 0.3) is 5.69 Å². The zero-order valence-electron chi connectivity index (χ0n) is 13.5. The van der Waals surface area contributed by atoms with Crippen LogP contribution in [-0.2, 0) is 9.59 Å². The molecule has 2 N–H and O–H groups in total. The number of amides is 2. The number of carbonyl (C=O) groups is 2. The Morgan fingerprint density at radius 1 is 1.04 bits per heavy atom. The van der Waals surface area contributed by atoms with Crippen molar-refractivity contribution >= 4 is 29.3 Å². The standard InChI is InChI=1S/C17H12F3N3O4/c18-12-6-7-13(17(20)16(12)19)22-15(25)9-21-14(24)8-3-10-1-4-11(5-2-10)23(26)27/h1-8H,9H2,(H,21,24)(H,22,25)/b8-3+. The summed E-state index contributed by atoms with van der Waals surface area (Å²) in [6.07, 6.45) is 2.46. The zero-order chi connectivity index (χ0) is 20.0. The summed E-state index contributed by atoms with van der Waals surface area (Å²) in [7, 11) is 0. The van der Waals surface area contributed by atoms with Gasteiger partial charge in [-0.1, -0.05) is 0 Å². The molecule has 0 atom stereocenters. The Kier molecular flexibility index (Phi) is 6.26. The molecule has 0 heterocycles. The molecular formula is C17H12F3N3O4. The van der Waals surface area contributed by atoms with Crippen LogP contribution < -0.4 is 10.6 Å². The number of nitrogens with zero attached hydrogens (tertiary/aromatic N) is 1. The van der Waals surface area contributed by atoms with Crippen LogP contribution in [0.3, 0.4) is 0 Å². The lowest BCUT2D eigenvalue weighted by atomic mass is 10.2. The summed E-state index contributed by atoms with van der Waals surface area (Å²) in [5, 5.41) is 14.8. The topological polar surface area (TPSA) is 101 Å². The van der Waals surface area contributed by atoms with Crippen LogP contribution in [0.25, 0.3) is 6.08 Å². The van der Waals surface area contributed by atoms with Gasteiger partial charge in [0, 0.05) is 18.2 Å². The molecule has 0 aromatic heterocycles. The van der Waals surface area contributed by atoms with E-state index in [0.29, 0.717) is 11.6 Å². The van der Waals surface area contributed by atoms with E-state index < -0.39 is 46.4 Å². The van der Waals surface area contributed by atoms with E-state index in [1.165, 1.54) is 30.3 Å². The lowest BCUT2D eigenvalue weighted by molar-refractivity contribution is -0.384. The van der Waals surface area contributed by atoms with E-state index in [9.17, 15) is 32.9 Å². The Morgan fingerprint density at radius 2 is 1.70 bits per heavy atom. The minimum Gasteiger partial charge on any atom is -0.343 e. The van der Waals surface area contributed by atoms with Gasteiger partial charge < -0.3 is 10.6 Å². The van der Waals surface area contributed by atoms with E-state index >= 15 is 0 Å². The van der Waals surface area contributed by atoms with Crippen molar-refractivity contribution in [2.45, 2.75) is 0 Å². The minimum absolute atomic E-state index is 0.0993. The van der Waals surface area contributed by atoms with E-state index in [2.05, 4.69) is 5.32 Å². The monoisotopic (exact) mass is 379 g/mol. The Labute approximate surface area is 150 Å². The number of hydrogen-bond acceptors (Lipinski definition) is 4. The van der Waals surface area contributed by atoms with Gasteiger partial charge in [-0.25, -0.2) is 13.2 Å². The first-order valence-electron chi connectivity index (χ1n) is 7.41. The van der Waals surface area contributed by atoms with Crippen molar-refractivity contribution in [3.05, 3.63) is 75.6 Å². The second-order valence-electron chi connectivity index (χ2n) is 5.17. The molecule has 2 aromatic rings. The second kappa shape index (κ2) is 8.61. The lowest BCUT2D eigenvalue weighted by Crippen LogP contribution is -2.32. The van der Waals surface area contributed by atoms with E-state index in [1.54, 1.807) is 0 Å². The lowest BCUT2D eigenvalue weighted by Gasteiger charge is -2.07. The summed E-state index contributed by atoms with van der Waals surface area (Å²) < 4.78 is 39.3. The fourth-order valence-electron chi connectivity index (χ4n) is 1.92. The summed E-state index contributed by atoms with van der Waals surface area (Å²) in [6, 6.07) is 6.89. The fraction of sp³-hybridized carbons (Fsp3) is 0.0588. The average Bonchev–Trinajstić information content (AvgIpc) is 2.65. The SMILES string of the molecule is O=C(/C=C/c1ccc([N+](=O)[O-])cc1)NCC(=O)Nc1ccc(F)c(F)c1F. The van der Waals surface area contributed by atoms with Crippen LogP contribution >= 0.6 is 0 Å². The third-order valence-electron chi connectivity index (χ3n) is 3.26. The first kappa shape index (κ1) is 19.6. The first-order chi connectivity index (χ1) is 12.8. The number of rotatable bonds is 6. The van der Waals surface area contributed by atoms with Crippen molar-refractivity contribution in [3.63, 3.8) is 0 Å². The Morgan fingerprint density at radius 3 is 2.33 bits per heavy atom. The Bertz CT molecular complexity index is 914. The highest BCUT2D eigenvalue weighted by molar-refractivity contribution is 5.98. The number of nitrogens with one attached hydrogen (secondary N) is 2. The predicted molar refractivity (Wildman–Crippen MR) is 90.1 cm³/mol. The molecule has 0 saturated heterocycles. The van der Waals surface area contributed by atoms with Crippen molar-refractivity contribution in [2.24, 2.45) is 0 Å². The molecular weight excluding hydrogens is 367 g/mol. The third kappa shape index (κ3) is 5.39. The molecule has 0 radical (unpaired) electrons. The highest BCUT2D eigenvalue weighted by Gasteiger charge is 2.15. The van der Waals surface area contributed by atoms with Gasteiger partial charge in [-0.05, 0) is 35.9 Å². The van der Waals surface area contributed by atoms with Gasteiger partial charge >= 0.3 is 0 Å². The molecule has 10 heteroatoms. The van der Waals surface area contributed by atoms with E-state index in [1.807, 2.05) is 5.32 Å². The van der Waals surface area contributed by atoms with Crippen molar-refractivity contribution in [3.8, 4) is 0 Å². The maximum Gasteiger partial charge on any atom is 0.269 e. The van der Waals surface area contributed by atoms with Gasteiger partial charge in [-0.2, -0.15) is 0 Å². The number of nitro benzene ring substituents is 1. The van der Waals surface area contributed by atoms with Crippen molar-refractivity contribution < 1.29 is 27.7 Å². The summed E-state index contributed by atoms with van der Waals surface area (Å²) >= 11 is 0. The van der Waals surface area contributed by atoms with Gasteiger partial charge in [0.15, 0.2) is 17.5 Å². The molecule has 0 aliphatic heterocycles. The molecule has 2 amide bonds. The summed E-state index contributed by atoms with van der Waals surface area (Å²) in [4.78, 5) is 33.3. The molecule has 0 aliphatic rings. The number of nitro groups is 1. The Balaban J connectivity index is 1.87. The number of halogens is 3. The van der Waals surface area contributed by atoms with Crippen molar-refractivity contribution in [1.82, 2.24) is 5.32 Å². The van der Waals surface area contributed by atoms with Gasteiger partial charge in [0.1, 0.15) is 0 Å². The highest BCUT2D eigenvalue weighted by atomic mass is 19.2. The number of benzene rings is 2. The molecule has 27 heavy (non-hydrogen) atoms. The van der Waals surface area contributed by atoms with Gasteiger partial charge in [-0.15, -0.1) is 0 Å². The minimum atomic E-state index is -1.72. The molecule has 2 rings (SSSR count). The molecule has 7 nitrogen and oxygen atoms in total. The summed E-state index contributed by atoms with van der Waals surface area (Å²) in [5.74, 6) is -6.17. The molecule has 140 valence electrons. The Hall–Kier alpha value is -3.69. The number of carbonyl (C=O) groups excluding carboxylic acids is 2. The molecule has 2 aromatic carbocycles. The number of anilines is 1. The zero-order valence-corrected chi connectivity index (χ0v) is 13.5. The van der Waals surface area contributed by atoms with Gasteiger partial charge in [-0.3, -0.25) is 19.7 Å². The van der Waals surface area contributed by atoms with E-state index in [-0.39, 0.29) is 5.69 Å². The maximum absolute atomic E-state index is 13.4. The highest BCUT2D eigenvalue weighted by Crippen LogP contribution is 2.19. The first-order valence-corrected chi connectivity index (χ1v) is 7.41. The van der Waals surface area contributed by atoms with Crippen LogP contribution in [0.4, 0.5) is 24.5 Å². The average molecular weight is 379 g/mol. The molecule has 0 saturated carbocycles. The van der Waals surface area contributed by atoms with Crippen LogP contribution in [0.15, 0.2) is 42.5 Å². The summed E-state index contributed by atoms with van der Waals surface area (Å²) in [5.41, 5.74) is -0.142. The maximum atomic E-state index is 13.4. The second-order valence-corrected chi connectivity index (χ2v) is 5.17. The molecule has 0 aliphatic carbocycles. The van der Waals surface area contributed by atoms with Gasteiger partial charge in [0.2, 0.25) is 11.8 Å². The third-order valence-corrected chi connectivity index (χ3v) is 3.26. The predicted octanol–water partition coefficient (Wildman–Crippen LogP) is 2.78. The van der Waals surface area contributed by atoms with Crippen LogP contribution in [0.5, 0.6) is 0 Å². The van der Waals surface area contributed by atoms with E-state index in [0.717, 1.165) is 12.1 Å². The number of hydrogen-bond donors (Lipinski definition) is 2. The van der Waals surface area contributed by atoms with E-state index in [4.69, 9.17) is 0 Å². The fourth-order valence-corrected chi connectivity index (χ4v) is 1.92. The van der Waals surface area contributed by atoms with Crippen LogP contribution in [0.1, 0.15) is 5.56 Å². The molecule has 0 unspecified atom stereocenters. The molecule has 0 spiro atoms. The van der Waals surface area contributed by atoms with Crippen molar-refractivity contribution in [1.29, 1.82) is 0 Å².